The Hall–Kier alpha value is -0.400. The summed E-state index contributed by atoms with van der Waals surface area (Å²) in [6, 6.07) is 13.8. The zero-order valence-electron chi connectivity index (χ0n) is 16.7. The summed E-state index contributed by atoms with van der Waals surface area (Å²) in [5, 5.41) is 1.66. The van der Waals surface area contributed by atoms with Crippen LogP contribution in [0, 0.1) is 3.57 Å². The molecule has 0 saturated heterocycles. The predicted molar refractivity (Wildman–Crippen MR) is 124 cm³/mol. The summed E-state index contributed by atoms with van der Waals surface area (Å²) in [5.41, 5.74) is 6.15. The third-order valence-electron chi connectivity index (χ3n) is 4.85. The van der Waals surface area contributed by atoms with E-state index in [1.165, 1.54) is 20.9 Å². The van der Waals surface area contributed by atoms with Gasteiger partial charge in [0.15, 0.2) is 0 Å². The molecule has 1 atom stereocenters. The van der Waals surface area contributed by atoms with Gasteiger partial charge in [-0.25, -0.2) is 0 Å². The van der Waals surface area contributed by atoms with Gasteiger partial charge in [-0.2, -0.15) is 0 Å². The van der Waals surface area contributed by atoms with E-state index in [2.05, 4.69) is 107 Å². The smallest absolute Gasteiger partial charge is 0.0166 e. The summed E-state index contributed by atoms with van der Waals surface area (Å²) in [6.45, 7) is 16.5. The van der Waals surface area contributed by atoms with Crippen molar-refractivity contribution < 1.29 is 0 Å². The summed E-state index contributed by atoms with van der Waals surface area (Å²) < 4.78 is 1.39. The van der Waals surface area contributed by atoms with E-state index in [1.807, 2.05) is 0 Å². The highest BCUT2D eigenvalue weighted by Crippen LogP contribution is 2.42. The van der Waals surface area contributed by atoms with Gasteiger partial charge >= 0.3 is 0 Å². The molecule has 0 saturated carbocycles. The minimum Gasteiger partial charge on any atom is -0.0734 e. The Morgan fingerprint density at radius 1 is 0.840 bits per heavy atom. The first kappa shape index (κ1) is 20.9. The van der Waals surface area contributed by atoms with Crippen molar-refractivity contribution >= 4 is 35.8 Å². The van der Waals surface area contributed by atoms with Crippen LogP contribution in [0.25, 0.3) is 0 Å². The maximum absolute atomic E-state index is 2.49. The van der Waals surface area contributed by atoms with Crippen LogP contribution >= 0.6 is 30.5 Å². The zero-order valence-corrected chi connectivity index (χ0v) is 19.8. The average molecular weight is 466 g/mol. The molecule has 0 radical (unpaired) electrons. The third-order valence-corrected chi connectivity index (χ3v) is 8.00. The second-order valence-electron chi connectivity index (χ2n) is 7.96. The number of hydrogen-bond acceptors (Lipinski definition) is 0. The molecule has 2 heteroatoms. The Morgan fingerprint density at radius 2 is 1.36 bits per heavy atom. The molecule has 0 amide bonds. The SMILES string of the molecule is CC(C)c1cc(C(C)C)c(P(C)Cc2ccccc2I)c(C(C)C)c1. The number of halogens is 1. The first-order valence-electron chi connectivity index (χ1n) is 9.34. The van der Waals surface area contributed by atoms with Crippen molar-refractivity contribution in [2.75, 3.05) is 6.66 Å². The Labute approximate surface area is 169 Å². The third kappa shape index (κ3) is 5.07. The lowest BCUT2D eigenvalue weighted by Gasteiger charge is -2.27. The van der Waals surface area contributed by atoms with Gasteiger partial charge in [0.25, 0.3) is 0 Å². The van der Waals surface area contributed by atoms with Gasteiger partial charge in [-0.1, -0.05) is 79.8 Å². The molecule has 1 unspecified atom stereocenters. The van der Waals surface area contributed by atoms with E-state index in [4.69, 9.17) is 0 Å². The maximum atomic E-state index is 2.49. The molecule has 25 heavy (non-hydrogen) atoms. The fourth-order valence-corrected chi connectivity index (χ4v) is 6.67. The van der Waals surface area contributed by atoms with Crippen molar-refractivity contribution in [1.82, 2.24) is 0 Å². The lowest BCUT2D eigenvalue weighted by molar-refractivity contribution is 0.813. The lowest BCUT2D eigenvalue weighted by Crippen LogP contribution is -2.19. The van der Waals surface area contributed by atoms with E-state index in [-0.39, 0.29) is 7.92 Å². The van der Waals surface area contributed by atoms with Gasteiger partial charge < -0.3 is 0 Å². The Balaban J connectivity index is 2.55. The van der Waals surface area contributed by atoms with Gasteiger partial charge in [0.05, 0.1) is 0 Å². The molecule has 0 aromatic heterocycles. The first-order valence-corrected chi connectivity index (χ1v) is 12.4. The molecule has 0 spiro atoms. The van der Waals surface area contributed by atoms with Gasteiger partial charge in [0, 0.05) is 3.57 Å². The lowest BCUT2D eigenvalue weighted by atomic mass is 9.89. The molecule has 2 aromatic rings. The molecule has 0 heterocycles. The highest BCUT2D eigenvalue weighted by molar-refractivity contribution is 14.1. The summed E-state index contributed by atoms with van der Waals surface area (Å²) in [7, 11) is -0.211. The first-order chi connectivity index (χ1) is 11.7. The monoisotopic (exact) mass is 466 g/mol. The maximum Gasteiger partial charge on any atom is 0.0166 e. The van der Waals surface area contributed by atoms with Crippen LogP contribution in [0.1, 0.15) is 81.5 Å². The van der Waals surface area contributed by atoms with E-state index >= 15 is 0 Å². The molecular weight excluding hydrogens is 434 g/mol. The highest BCUT2D eigenvalue weighted by atomic mass is 127. The van der Waals surface area contributed by atoms with Crippen LogP contribution in [0.2, 0.25) is 0 Å². The van der Waals surface area contributed by atoms with Crippen molar-refractivity contribution in [3.8, 4) is 0 Å². The van der Waals surface area contributed by atoms with Crippen LogP contribution in [0.5, 0.6) is 0 Å². The summed E-state index contributed by atoms with van der Waals surface area (Å²) in [6.07, 6.45) is 1.18. The number of benzene rings is 2. The van der Waals surface area contributed by atoms with Crippen molar-refractivity contribution in [2.24, 2.45) is 0 Å². The fourth-order valence-electron chi connectivity index (χ4n) is 3.32. The van der Waals surface area contributed by atoms with Crippen LogP contribution in [-0.2, 0) is 6.16 Å². The summed E-state index contributed by atoms with van der Waals surface area (Å²) in [4.78, 5) is 0. The van der Waals surface area contributed by atoms with Gasteiger partial charge in [0.2, 0.25) is 0 Å². The number of rotatable bonds is 6. The Kier molecular flexibility index (Phi) is 7.52. The summed E-state index contributed by atoms with van der Waals surface area (Å²) >= 11 is 2.48. The Bertz CT molecular complexity index is 687. The minimum atomic E-state index is -0.211. The van der Waals surface area contributed by atoms with Crippen LogP contribution in [0.4, 0.5) is 0 Å². The molecule has 0 bridgehead atoms. The molecule has 0 nitrogen and oxygen atoms in total. The van der Waals surface area contributed by atoms with Gasteiger partial charge in [0.1, 0.15) is 0 Å². The normalized spacial score (nSPS) is 13.1. The number of hydrogen-bond donors (Lipinski definition) is 0. The molecular formula is C23H32IP. The van der Waals surface area contributed by atoms with Gasteiger partial charge in [-0.15, -0.1) is 0 Å². The average Bonchev–Trinajstić information content (AvgIpc) is 2.55. The van der Waals surface area contributed by atoms with E-state index in [1.54, 1.807) is 16.4 Å². The molecule has 2 aromatic carbocycles. The van der Waals surface area contributed by atoms with Crippen molar-refractivity contribution in [3.05, 3.63) is 62.2 Å². The second kappa shape index (κ2) is 9.00. The Morgan fingerprint density at radius 3 is 1.80 bits per heavy atom. The highest BCUT2D eigenvalue weighted by Gasteiger charge is 2.21. The molecule has 136 valence electrons. The van der Waals surface area contributed by atoms with E-state index in [9.17, 15) is 0 Å². The van der Waals surface area contributed by atoms with Crippen LogP contribution in [0.3, 0.4) is 0 Å². The van der Waals surface area contributed by atoms with E-state index in [0.717, 1.165) is 0 Å². The van der Waals surface area contributed by atoms with Crippen LogP contribution in [0.15, 0.2) is 36.4 Å². The van der Waals surface area contributed by atoms with Crippen LogP contribution < -0.4 is 5.30 Å². The zero-order chi connectivity index (χ0) is 18.7. The van der Waals surface area contributed by atoms with E-state index in [0.29, 0.717) is 17.8 Å². The molecule has 0 fully saturated rings. The van der Waals surface area contributed by atoms with Gasteiger partial charge in [-0.3, -0.25) is 0 Å². The van der Waals surface area contributed by atoms with Crippen LogP contribution in [-0.4, -0.2) is 6.66 Å². The second-order valence-corrected chi connectivity index (χ2v) is 11.3. The van der Waals surface area contributed by atoms with Crippen molar-refractivity contribution in [3.63, 3.8) is 0 Å². The topological polar surface area (TPSA) is 0 Å². The molecule has 2 rings (SSSR count). The summed E-state index contributed by atoms with van der Waals surface area (Å²) in [5.74, 6) is 1.74. The largest absolute Gasteiger partial charge is 0.0734 e. The van der Waals surface area contributed by atoms with Gasteiger partial charge in [-0.05, 0) is 86.8 Å². The molecule has 0 aliphatic carbocycles. The van der Waals surface area contributed by atoms with Crippen molar-refractivity contribution in [1.29, 1.82) is 0 Å². The molecule has 0 N–H and O–H groups in total. The fraction of sp³-hybridized carbons (Fsp3) is 0.478. The minimum absolute atomic E-state index is 0.211. The quantitative estimate of drug-likeness (QED) is 0.304. The van der Waals surface area contributed by atoms with Crippen molar-refractivity contribution in [2.45, 2.75) is 65.5 Å². The standard InChI is InChI=1S/C23H32IP/c1-15(2)19-12-20(16(3)4)23(21(13-19)17(5)6)25(7)14-18-10-8-9-11-22(18)24/h8-13,15-17H,14H2,1-7H3. The molecule has 0 aliphatic rings. The van der Waals surface area contributed by atoms with E-state index < -0.39 is 0 Å². The predicted octanol–water partition coefficient (Wildman–Crippen LogP) is 7.60. The molecule has 0 aliphatic heterocycles.